The zero-order valence-corrected chi connectivity index (χ0v) is 36.3. The monoisotopic (exact) mass is 842 g/mol. The van der Waals surface area contributed by atoms with Crippen molar-refractivity contribution in [3.63, 3.8) is 0 Å². The van der Waals surface area contributed by atoms with Gasteiger partial charge in [0, 0.05) is 49.8 Å². The van der Waals surface area contributed by atoms with Crippen LogP contribution in [0.4, 0.5) is 0 Å². The Kier molecular flexibility index (Phi) is 8.94. The van der Waals surface area contributed by atoms with E-state index in [0.717, 1.165) is 43.5 Å². The van der Waals surface area contributed by atoms with Gasteiger partial charge in [0.15, 0.2) is 0 Å². The SMILES string of the molecule is C1=CC(N2C3=C(CC(Oc4ccc5c(c4)c4cc(-c6ccccc6)ccc4n5-c4cccc(-c5ccc6sc7c(c6c5)CCC=C7)c4)C=C3)C3C=C(c4ccccc4)C=CC32)=CCC1. The Bertz CT molecular complexity index is 3410. The molecule has 0 radical (unpaired) electrons. The second kappa shape index (κ2) is 15.3. The summed E-state index contributed by atoms with van der Waals surface area (Å²) in [4.78, 5) is 3.99. The van der Waals surface area contributed by atoms with Crippen LogP contribution in [0.5, 0.6) is 5.75 Å². The number of aryl methyl sites for hydroxylation is 1. The van der Waals surface area contributed by atoms with Gasteiger partial charge in [-0.05, 0) is 154 Å². The first-order chi connectivity index (χ1) is 31.7. The molecule has 0 saturated heterocycles. The van der Waals surface area contributed by atoms with Crippen LogP contribution in [0.2, 0.25) is 0 Å². The van der Waals surface area contributed by atoms with Crippen LogP contribution < -0.4 is 4.74 Å². The first-order valence-electron chi connectivity index (χ1n) is 22.9. The summed E-state index contributed by atoms with van der Waals surface area (Å²) in [7, 11) is 0. The molecule has 3 nitrogen and oxygen atoms in total. The third-order valence-corrected chi connectivity index (χ3v) is 15.1. The van der Waals surface area contributed by atoms with Crippen LogP contribution in [0.3, 0.4) is 0 Å². The predicted molar refractivity (Wildman–Crippen MR) is 269 cm³/mol. The van der Waals surface area contributed by atoms with Crippen LogP contribution >= 0.6 is 11.3 Å². The first-order valence-corrected chi connectivity index (χ1v) is 23.7. The molecule has 4 heteroatoms. The van der Waals surface area contributed by atoms with Crippen LogP contribution in [0.1, 0.15) is 41.7 Å². The fraction of sp³-hybridized carbons (Fsp3) is 0.133. The predicted octanol–water partition coefficient (Wildman–Crippen LogP) is 15.4. The van der Waals surface area contributed by atoms with Crippen LogP contribution in [-0.2, 0) is 6.42 Å². The topological polar surface area (TPSA) is 17.4 Å². The molecular formula is C60H46N2OS. The summed E-state index contributed by atoms with van der Waals surface area (Å²) >= 11 is 1.91. The van der Waals surface area contributed by atoms with Gasteiger partial charge in [0.05, 0.1) is 17.1 Å². The lowest BCUT2D eigenvalue weighted by Crippen LogP contribution is -2.32. The molecule has 5 aliphatic rings. The fourth-order valence-electron chi connectivity index (χ4n) is 10.9. The maximum Gasteiger partial charge on any atom is 0.121 e. The Labute approximate surface area is 378 Å². The van der Waals surface area contributed by atoms with E-state index in [4.69, 9.17) is 4.74 Å². The molecule has 0 fully saturated rings. The number of ether oxygens (including phenoxy) is 1. The van der Waals surface area contributed by atoms with Gasteiger partial charge in [-0.3, -0.25) is 0 Å². The summed E-state index contributed by atoms with van der Waals surface area (Å²) in [5, 5.41) is 3.80. The minimum absolute atomic E-state index is 0.0840. The summed E-state index contributed by atoms with van der Waals surface area (Å²) in [6.07, 6.45) is 28.7. The van der Waals surface area contributed by atoms with E-state index >= 15 is 0 Å². The maximum absolute atomic E-state index is 7.05. The van der Waals surface area contributed by atoms with Gasteiger partial charge in [0.2, 0.25) is 0 Å². The van der Waals surface area contributed by atoms with Gasteiger partial charge < -0.3 is 14.2 Å². The highest BCUT2D eigenvalue weighted by atomic mass is 32.1. The summed E-state index contributed by atoms with van der Waals surface area (Å²) in [6.45, 7) is 0. The fourth-order valence-corrected chi connectivity index (χ4v) is 12.1. The molecule has 3 atom stereocenters. The molecule has 6 aromatic carbocycles. The van der Waals surface area contributed by atoms with Crippen LogP contribution in [0, 0.1) is 5.92 Å². The van der Waals surface area contributed by atoms with E-state index in [0.29, 0.717) is 0 Å². The van der Waals surface area contributed by atoms with Crippen molar-refractivity contribution < 1.29 is 4.74 Å². The van der Waals surface area contributed by atoms with Gasteiger partial charge in [-0.2, -0.15) is 0 Å². The van der Waals surface area contributed by atoms with Gasteiger partial charge in [-0.1, -0.05) is 121 Å². The summed E-state index contributed by atoms with van der Waals surface area (Å²) in [5.41, 5.74) is 16.5. The molecule has 0 N–H and O–H groups in total. The molecule has 308 valence electrons. The Morgan fingerprint density at radius 2 is 1.33 bits per heavy atom. The van der Waals surface area contributed by atoms with E-state index in [-0.39, 0.29) is 18.1 Å². The zero-order chi connectivity index (χ0) is 42.1. The highest BCUT2D eigenvalue weighted by Gasteiger charge is 2.42. The van der Waals surface area contributed by atoms with E-state index < -0.39 is 0 Å². The standard InChI is InChI=1S/C60H46N2OS/c1-4-13-39(14-5-1)42-23-28-55-50(34-42)52-37-47(26-30-57(52)61(55)45-18-8-3-9-19-45)63-48-27-31-58-53(38-48)51-35-43(40-15-6-2-7-16-40)24-29-56(51)62(58)46-20-12-17-41(33-46)44-25-32-60-54(36-44)49-21-10-11-22-59(49)64-60/h1-2,4-8,11-20,22-36,38,47,50,55H,3,9-10,21,37H2. The van der Waals surface area contributed by atoms with Crippen molar-refractivity contribution in [1.29, 1.82) is 0 Å². The molecule has 8 aromatic rings. The van der Waals surface area contributed by atoms with Gasteiger partial charge in [0.1, 0.15) is 11.9 Å². The molecule has 3 heterocycles. The number of aromatic nitrogens is 1. The van der Waals surface area contributed by atoms with Crippen molar-refractivity contribution in [3.05, 3.63) is 227 Å². The number of fused-ring (bicyclic) bond motifs is 8. The number of benzene rings is 6. The van der Waals surface area contributed by atoms with E-state index in [1.165, 1.54) is 92.7 Å². The normalized spacial score (nSPS) is 19.9. The van der Waals surface area contributed by atoms with Crippen LogP contribution in [0.25, 0.3) is 71.5 Å². The Morgan fingerprint density at radius 1 is 0.578 bits per heavy atom. The summed E-state index contributed by atoms with van der Waals surface area (Å²) in [5.74, 6) is 1.16. The van der Waals surface area contributed by atoms with Crippen molar-refractivity contribution in [2.45, 2.75) is 44.2 Å². The molecule has 0 saturated carbocycles. The van der Waals surface area contributed by atoms with Crippen molar-refractivity contribution in [1.82, 2.24) is 9.47 Å². The molecule has 0 amide bonds. The van der Waals surface area contributed by atoms with E-state index in [2.05, 4.69) is 210 Å². The molecule has 3 unspecified atom stereocenters. The lowest BCUT2D eigenvalue weighted by Gasteiger charge is -2.32. The highest BCUT2D eigenvalue weighted by molar-refractivity contribution is 7.20. The van der Waals surface area contributed by atoms with Crippen molar-refractivity contribution in [3.8, 4) is 33.7 Å². The molecule has 2 aromatic heterocycles. The minimum Gasteiger partial charge on any atom is -0.486 e. The van der Waals surface area contributed by atoms with E-state index in [1.54, 1.807) is 0 Å². The number of hydrogen-bond donors (Lipinski definition) is 0. The molecule has 0 bridgehead atoms. The van der Waals surface area contributed by atoms with Gasteiger partial charge in [-0.15, -0.1) is 11.3 Å². The average Bonchev–Trinajstić information content (AvgIpc) is 4.01. The van der Waals surface area contributed by atoms with Crippen LogP contribution in [-0.4, -0.2) is 21.6 Å². The second-order valence-electron chi connectivity index (χ2n) is 17.7. The van der Waals surface area contributed by atoms with Gasteiger partial charge in [-0.25, -0.2) is 0 Å². The molecular weight excluding hydrogens is 797 g/mol. The lowest BCUT2D eigenvalue weighted by molar-refractivity contribution is 0.245. The molecule has 13 rings (SSSR count). The largest absolute Gasteiger partial charge is 0.486 e. The van der Waals surface area contributed by atoms with Gasteiger partial charge >= 0.3 is 0 Å². The smallest absolute Gasteiger partial charge is 0.121 e. The van der Waals surface area contributed by atoms with Crippen molar-refractivity contribution in [2.24, 2.45) is 5.92 Å². The number of allylic oxidation sites excluding steroid dienone is 7. The number of hydrogen-bond acceptors (Lipinski definition) is 3. The third kappa shape index (κ3) is 6.31. The average molecular weight is 843 g/mol. The maximum atomic E-state index is 7.05. The molecule has 1 aliphatic heterocycles. The Morgan fingerprint density at radius 3 is 2.19 bits per heavy atom. The lowest BCUT2D eigenvalue weighted by atomic mass is 9.82. The summed E-state index contributed by atoms with van der Waals surface area (Å²) < 4.78 is 10.9. The van der Waals surface area contributed by atoms with Crippen molar-refractivity contribution in [2.75, 3.05) is 0 Å². The van der Waals surface area contributed by atoms with Crippen molar-refractivity contribution >= 4 is 54.9 Å². The third-order valence-electron chi connectivity index (χ3n) is 14.0. The quantitative estimate of drug-likeness (QED) is 0.159. The number of rotatable bonds is 7. The molecule has 0 spiro atoms. The highest BCUT2D eigenvalue weighted by Crippen LogP contribution is 2.48. The minimum atomic E-state index is -0.0840. The van der Waals surface area contributed by atoms with E-state index in [9.17, 15) is 0 Å². The van der Waals surface area contributed by atoms with Gasteiger partial charge in [0.25, 0.3) is 0 Å². The van der Waals surface area contributed by atoms with E-state index in [1.807, 2.05) is 11.3 Å². The molecule has 4 aliphatic carbocycles. The Balaban J connectivity index is 0.874. The Hall–Kier alpha value is -7.14. The van der Waals surface area contributed by atoms with Crippen LogP contribution in [0.15, 0.2) is 211 Å². The first kappa shape index (κ1) is 37.4. The zero-order valence-electron chi connectivity index (χ0n) is 35.5. The summed E-state index contributed by atoms with van der Waals surface area (Å²) in [6, 6.07) is 51.6. The molecule has 64 heavy (non-hydrogen) atoms. The number of thiophene rings is 1. The number of nitrogens with zero attached hydrogens (tertiary/aromatic N) is 2. The second-order valence-corrected chi connectivity index (χ2v) is 18.8.